The standard InChI is InChI=1S/C34H38N2O3/c1-26-14-16-27(17-15-26)24-36(25-31(29-10-5-3-6-11-29)30-12-7-4-8-13-30)20-9-21-39-32-19-18-28(23-34(35)37)22-33(32)38-2/h3-8,10-19,22,31H,9,20-21,23-25H2,1-2H3,(H2,35,37). The van der Waals surface area contributed by atoms with Gasteiger partial charge in [0.15, 0.2) is 11.5 Å². The predicted molar refractivity (Wildman–Crippen MR) is 157 cm³/mol. The van der Waals surface area contributed by atoms with Crippen molar-refractivity contribution in [1.29, 1.82) is 0 Å². The number of hydrogen-bond acceptors (Lipinski definition) is 4. The molecule has 0 radical (unpaired) electrons. The van der Waals surface area contributed by atoms with Crippen molar-refractivity contribution in [2.45, 2.75) is 32.2 Å². The van der Waals surface area contributed by atoms with Crippen LogP contribution >= 0.6 is 0 Å². The molecular weight excluding hydrogens is 484 g/mol. The van der Waals surface area contributed by atoms with Crippen LogP contribution in [0.3, 0.4) is 0 Å². The van der Waals surface area contributed by atoms with Crippen LogP contribution in [0.2, 0.25) is 0 Å². The molecule has 4 aromatic rings. The second-order valence-electron chi connectivity index (χ2n) is 9.92. The monoisotopic (exact) mass is 522 g/mol. The number of primary amides is 1. The van der Waals surface area contributed by atoms with E-state index in [0.717, 1.165) is 31.6 Å². The summed E-state index contributed by atoms with van der Waals surface area (Å²) >= 11 is 0. The number of aryl methyl sites for hydroxylation is 1. The summed E-state index contributed by atoms with van der Waals surface area (Å²) in [4.78, 5) is 13.8. The molecule has 0 unspecified atom stereocenters. The molecule has 0 saturated heterocycles. The van der Waals surface area contributed by atoms with Crippen molar-refractivity contribution in [3.8, 4) is 11.5 Å². The summed E-state index contributed by atoms with van der Waals surface area (Å²) in [5.74, 6) is 1.17. The number of benzene rings is 4. The molecule has 39 heavy (non-hydrogen) atoms. The number of carbonyl (C=O) groups excluding carboxylic acids is 1. The number of rotatable bonds is 14. The van der Waals surface area contributed by atoms with E-state index in [1.165, 1.54) is 22.3 Å². The van der Waals surface area contributed by atoms with Crippen LogP contribution in [0.1, 0.15) is 40.2 Å². The Hall–Kier alpha value is -4.09. The molecule has 0 aliphatic rings. The van der Waals surface area contributed by atoms with Gasteiger partial charge in [0, 0.05) is 25.6 Å². The molecule has 0 heterocycles. The fraction of sp³-hybridized carbons (Fsp3) is 0.265. The van der Waals surface area contributed by atoms with E-state index in [4.69, 9.17) is 15.2 Å². The summed E-state index contributed by atoms with van der Waals surface area (Å²) < 4.78 is 11.6. The molecule has 5 nitrogen and oxygen atoms in total. The zero-order valence-electron chi connectivity index (χ0n) is 22.9. The van der Waals surface area contributed by atoms with Crippen LogP contribution in [0, 0.1) is 6.92 Å². The summed E-state index contributed by atoms with van der Waals surface area (Å²) in [5, 5.41) is 0. The van der Waals surface area contributed by atoms with Gasteiger partial charge in [-0.15, -0.1) is 0 Å². The fourth-order valence-electron chi connectivity index (χ4n) is 4.83. The van der Waals surface area contributed by atoms with Gasteiger partial charge in [-0.2, -0.15) is 0 Å². The van der Waals surface area contributed by atoms with Gasteiger partial charge in [-0.25, -0.2) is 0 Å². The van der Waals surface area contributed by atoms with Gasteiger partial charge in [0.25, 0.3) is 0 Å². The maximum Gasteiger partial charge on any atom is 0.221 e. The van der Waals surface area contributed by atoms with Gasteiger partial charge < -0.3 is 15.2 Å². The summed E-state index contributed by atoms with van der Waals surface area (Å²) in [6, 6.07) is 35.8. The number of methoxy groups -OCH3 is 1. The van der Waals surface area contributed by atoms with Gasteiger partial charge in [0.2, 0.25) is 5.91 Å². The first-order chi connectivity index (χ1) is 19.0. The highest BCUT2D eigenvalue weighted by atomic mass is 16.5. The number of hydrogen-bond donors (Lipinski definition) is 1. The minimum Gasteiger partial charge on any atom is -0.493 e. The van der Waals surface area contributed by atoms with Gasteiger partial charge >= 0.3 is 0 Å². The molecule has 0 spiro atoms. The Morgan fingerprint density at radius 2 is 1.44 bits per heavy atom. The Labute approximate surface area is 232 Å². The van der Waals surface area contributed by atoms with Crippen molar-refractivity contribution in [1.82, 2.24) is 4.90 Å². The van der Waals surface area contributed by atoms with E-state index in [1.807, 2.05) is 18.2 Å². The van der Waals surface area contributed by atoms with E-state index in [9.17, 15) is 4.79 Å². The predicted octanol–water partition coefficient (Wildman–Crippen LogP) is 6.13. The molecule has 0 aliphatic carbocycles. The fourth-order valence-corrected chi connectivity index (χ4v) is 4.83. The van der Waals surface area contributed by atoms with Crippen LogP contribution in [-0.4, -0.2) is 37.6 Å². The molecule has 0 fully saturated rings. The number of ether oxygens (including phenoxy) is 2. The molecule has 0 aliphatic heterocycles. The maximum atomic E-state index is 11.3. The average molecular weight is 523 g/mol. The third-order valence-electron chi connectivity index (χ3n) is 6.85. The van der Waals surface area contributed by atoms with E-state index in [-0.39, 0.29) is 18.2 Å². The Morgan fingerprint density at radius 3 is 2.03 bits per heavy atom. The van der Waals surface area contributed by atoms with Crippen LogP contribution in [-0.2, 0) is 17.8 Å². The molecule has 0 saturated carbocycles. The number of amides is 1. The first kappa shape index (κ1) is 27.9. The van der Waals surface area contributed by atoms with Crippen molar-refractivity contribution in [3.63, 3.8) is 0 Å². The molecular formula is C34H38N2O3. The third-order valence-corrected chi connectivity index (χ3v) is 6.85. The number of carbonyl (C=O) groups is 1. The van der Waals surface area contributed by atoms with Gasteiger partial charge in [-0.05, 0) is 47.7 Å². The summed E-state index contributed by atoms with van der Waals surface area (Å²) in [6.45, 7) is 5.31. The molecule has 5 heteroatoms. The van der Waals surface area contributed by atoms with Crippen molar-refractivity contribution < 1.29 is 14.3 Å². The van der Waals surface area contributed by atoms with E-state index >= 15 is 0 Å². The highest BCUT2D eigenvalue weighted by molar-refractivity contribution is 5.76. The van der Waals surface area contributed by atoms with Gasteiger partial charge in [0.05, 0.1) is 20.1 Å². The number of nitrogens with zero attached hydrogens (tertiary/aromatic N) is 1. The van der Waals surface area contributed by atoms with Gasteiger partial charge in [-0.1, -0.05) is 96.6 Å². The second kappa shape index (κ2) is 14.2. The van der Waals surface area contributed by atoms with Crippen molar-refractivity contribution in [3.05, 3.63) is 131 Å². The molecule has 0 bridgehead atoms. The summed E-state index contributed by atoms with van der Waals surface area (Å²) in [5.41, 5.74) is 11.3. The van der Waals surface area contributed by atoms with E-state index in [1.54, 1.807) is 7.11 Å². The third kappa shape index (κ3) is 8.45. The Balaban J connectivity index is 1.47. The Kier molecular flexibility index (Phi) is 10.1. The Morgan fingerprint density at radius 1 is 0.821 bits per heavy atom. The Bertz CT molecular complexity index is 1270. The van der Waals surface area contributed by atoms with Crippen LogP contribution in [0.5, 0.6) is 11.5 Å². The molecule has 202 valence electrons. The van der Waals surface area contributed by atoms with Crippen LogP contribution in [0.15, 0.2) is 103 Å². The van der Waals surface area contributed by atoms with Crippen molar-refractivity contribution >= 4 is 5.91 Å². The lowest BCUT2D eigenvalue weighted by atomic mass is 9.90. The molecule has 0 atom stereocenters. The SMILES string of the molecule is COc1cc(CC(N)=O)ccc1OCCCN(Cc1ccc(C)cc1)CC(c1ccccc1)c1ccccc1. The van der Waals surface area contributed by atoms with E-state index in [0.29, 0.717) is 18.1 Å². The van der Waals surface area contributed by atoms with Gasteiger partial charge in [0.1, 0.15) is 0 Å². The lowest BCUT2D eigenvalue weighted by Gasteiger charge is -2.28. The minimum absolute atomic E-state index is 0.175. The maximum absolute atomic E-state index is 11.3. The van der Waals surface area contributed by atoms with Crippen LogP contribution in [0.25, 0.3) is 0 Å². The normalized spacial score (nSPS) is 11.1. The van der Waals surface area contributed by atoms with E-state index < -0.39 is 0 Å². The molecule has 4 aromatic carbocycles. The summed E-state index contributed by atoms with van der Waals surface area (Å²) in [7, 11) is 1.60. The quantitative estimate of drug-likeness (QED) is 0.202. The first-order valence-corrected chi connectivity index (χ1v) is 13.5. The molecule has 0 aromatic heterocycles. The second-order valence-corrected chi connectivity index (χ2v) is 9.92. The lowest BCUT2D eigenvalue weighted by molar-refractivity contribution is -0.117. The lowest BCUT2D eigenvalue weighted by Crippen LogP contribution is -2.30. The largest absolute Gasteiger partial charge is 0.493 e. The number of nitrogens with two attached hydrogens (primary N) is 1. The van der Waals surface area contributed by atoms with Crippen LogP contribution in [0.4, 0.5) is 0 Å². The smallest absolute Gasteiger partial charge is 0.221 e. The first-order valence-electron chi connectivity index (χ1n) is 13.5. The van der Waals surface area contributed by atoms with Gasteiger partial charge in [-0.3, -0.25) is 9.69 Å². The molecule has 4 rings (SSSR count). The summed E-state index contributed by atoms with van der Waals surface area (Å²) in [6.07, 6.45) is 1.03. The molecule has 1 amide bonds. The zero-order chi connectivity index (χ0) is 27.5. The minimum atomic E-state index is -0.372. The highest BCUT2D eigenvalue weighted by Crippen LogP contribution is 2.29. The topological polar surface area (TPSA) is 64.8 Å². The van der Waals surface area contributed by atoms with E-state index in [2.05, 4.69) is 96.8 Å². The zero-order valence-corrected chi connectivity index (χ0v) is 22.9. The average Bonchev–Trinajstić information content (AvgIpc) is 2.96. The van der Waals surface area contributed by atoms with Crippen molar-refractivity contribution in [2.75, 3.05) is 26.8 Å². The van der Waals surface area contributed by atoms with Crippen LogP contribution < -0.4 is 15.2 Å². The highest BCUT2D eigenvalue weighted by Gasteiger charge is 2.19. The molecule has 2 N–H and O–H groups in total. The van der Waals surface area contributed by atoms with Crippen molar-refractivity contribution in [2.24, 2.45) is 5.73 Å².